The number of hydrogen-bond acceptors (Lipinski definition) is 4. The number of aryl methyl sites for hydroxylation is 2. The van der Waals surface area contributed by atoms with Gasteiger partial charge < -0.3 is 14.2 Å². The third-order valence-corrected chi connectivity index (χ3v) is 4.00. The van der Waals surface area contributed by atoms with Gasteiger partial charge in [0.15, 0.2) is 11.5 Å². The first-order valence-electron chi connectivity index (χ1n) is 9.28. The Balaban J connectivity index is 1.94. The molecule has 4 heteroatoms. The van der Waals surface area contributed by atoms with Crippen molar-refractivity contribution in [2.24, 2.45) is 0 Å². The number of benzene rings is 2. The monoisotopic (exact) mass is 356 g/mol. The minimum atomic E-state index is -0.236. The molecule has 26 heavy (non-hydrogen) atoms. The predicted molar refractivity (Wildman–Crippen MR) is 103 cm³/mol. The van der Waals surface area contributed by atoms with Gasteiger partial charge in [0, 0.05) is 6.42 Å². The molecule has 0 spiro atoms. The van der Waals surface area contributed by atoms with E-state index in [1.54, 1.807) is 0 Å². The van der Waals surface area contributed by atoms with E-state index in [9.17, 15) is 4.79 Å². The van der Waals surface area contributed by atoms with Crippen LogP contribution in [0.1, 0.15) is 44.2 Å². The topological polar surface area (TPSA) is 44.8 Å². The van der Waals surface area contributed by atoms with E-state index in [-0.39, 0.29) is 5.97 Å². The van der Waals surface area contributed by atoms with Crippen LogP contribution < -0.4 is 14.2 Å². The Morgan fingerprint density at radius 3 is 2.50 bits per heavy atom. The maximum absolute atomic E-state index is 12.1. The summed E-state index contributed by atoms with van der Waals surface area (Å²) in [5, 5.41) is 0. The molecule has 0 aliphatic rings. The molecule has 2 aromatic rings. The van der Waals surface area contributed by atoms with Gasteiger partial charge in [-0.15, -0.1) is 0 Å². The van der Waals surface area contributed by atoms with Crippen LogP contribution in [0.2, 0.25) is 0 Å². The van der Waals surface area contributed by atoms with Crippen LogP contribution in [0.15, 0.2) is 42.5 Å². The van der Waals surface area contributed by atoms with E-state index >= 15 is 0 Å². The van der Waals surface area contributed by atoms with Gasteiger partial charge in [-0.05, 0) is 56.0 Å². The van der Waals surface area contributed by atoms with Crippen molar-refractivity contribution in [2.45, 2.75) is 46.5 Å². The van der Waals surface area contributed by atoms with Gasteiger partial charge in [-0.25, -0.2) is 0 Å². The molecular formula is C22H28O4. The Morgan fingerprint density at radius 2 is 1.77 bits per heavy atom. The lowest BCUT2D eigenvalue weighted by molar-refractivity contribution is -0.134. The lowest BCUT2D eigenvalue weighted by Gasteiger charge is -2.13. The van der Waals surface area contributed by atoms with Crippen molar-refractivity contribution in [3.05, 3.63) is 53.6 Å². The molecule has 0 amide bonds. The second-order valence-electron chi connectivity index (χ2n) is 6.16. The molecule has 0 saturated carbocycles. The van der Waals surface area contributed by atoms with E-state index in [0.717, 1.165) is 35.5 Å². The van der Waals surface area contributed by atoms with Gasteiger partial charge in [-0.2, -0.15) is 0 Å². The molecule has 0 radical (unpaired) electrons. The molecule has 0 atom stereocenters. The van der Waals surface area contributed by atoms with E-state index in [4.69, 9.17) is 14.2 Å². The highest BCUT2D eigenvalue weighted by atomic mass is 16.5. The highest BCUT2D eigenvalue weighted by Crippen LogP contribution is 2.29. The lowest BCUT2D eigenvalue weighted by Crippen LogP contribution is -2.10. The average Bonchev–Trinajstić information content (AvgIpc) is 2.64. The van der Waals surface area contributed by atoms with E-state index in [0.29, 0.717) is 31.8 Å². The fourth-order valence-corrected chi connectivity index (χ4v) is 2.51. The highest BCUT2D eigenvalue weighted by Gasteiger charge is 2.10. The SMILES string of the molecule is CCCCOc1ccc(CCC(=O)Oc2ccccc2C)cc1OCC. The fraction of sp³-hybridized carbons (Fsp3) is 0.409. The number of rotatable bonds is 10. The minimum Gasteiger partial charge on any atom is -0.490 e. The van der Waals surface area contributed by atoms with E-state index in [1.165, 1.54) is 0 Å². The maximum Gasteiger partial charge on any atom is 0.311 e. The number of ether oxygens (including phenoxy) is 3. The third kappa shape index (κ3) is 6.10. The largest absolute Gasteiger partial charge is 0.490 e. The van der Waals surface area contributed by atoms with Gasteiger partial charge in [-0.3, -0.25) is 4.79 Å². The van der Waals surface area contributed by atoms with Crippen molar-refractivity contribution < 1.29 is 19.0 Å². The molecule has 2 rings (SSSR count). The lowest BCUT2D eigenvalue weighted by atomic mass is 10.1. The number of carbonyl (C=O) groups excluding carboxylic acids is 1. The Hall–Kier alpha value is -2.49. The van der Waals surface area contributed by atoms with Gasteiger partial charge in [-0.1, -0.05) is 37.6 Å². The van der Waals surface area contributed by atoms with Crippen LogP contribution >= 0.6 is 0 Å². The normalized spacial score (nSPS) is 10.4. The Labute approximate surface area is 156 Å². The van der Waals surface area contributed by atoms with Crippen LogP contribution in [-0.2, 0) is 11.2 Å². The van der Waals surface area contributed by atoms with Crippen molar-refractivity contribution in [2.75, 3.05) is 13.2 Å². The van der Waals surface area contributed by atoms with Crippen molar-refractivity contribution in [3.63, 3.8) is 0 Å². The van der Waals surface area contributed by atoms with Gasteiger partial charge in [0.25, 0.3) is 0 Å². The quantitative estimate of drug-likeness (QED) is 0.337. The molecule has 0 aliphatic heterocycles. The van der Waals surface area contributed by atoms with Crippen molar-refractivity contribution >= 4 is 5.97 Å². The van der Waals surface area contributed by atoms with Crippen molar-refractivity contribution in [1.82, 2.24) is 0 Å². The summed E-state index contributed by atoms with van der Waals surface area (Å²) in [6.07, 6.45) is 3.01. The minimum absolute atomic E-state index is 0.236. The first-order chi connectivity index (χ1) is 12.6. The summed E-state index contributed by atoms with van der Waals surface area (Å²) < 4.78 is 16.9. The second kappa shape index (κ2) is 10.5. The van der Waals surface area contributed by atoms with Crippen LogP contribution in [0.25, 0.3) is 0 Å². The Bertz CT molecular complexity index is 709. The molecule has 0 bridgehead atoms. The zero-order valence-corrected chi connectivity index (χ0v) is 15.9. The predicted octanol–water partition coefficient (Wildman–Crippen LogP) is 5.11. The van der Waals surface area contributed by atoms with Gasteiger partial charge in [0.1, 0.15) is 5.75 Å². The average molecular weight is 356 g/mol. The molecule has 0 aromatic heterocycles. The first-order valence-corrected chi connectivity index (χ1v) is 9.28. The zero-order chi connectivity index (χ0) is 18.8. The number of carbonyl (C=O) groups is 1. The second-order valence-corrected chi connectivity index (χ2v) is 6.16. The number of esters is 1. The summed E-state index contributed by atoms with van der Waals surface area (Å²) in [7, 11) is 0. The summed E-state index contributed by atoms with van der Waals surface area (Å²) in [5.74, 6) is 1.87. The smallest absolute Gasteiger partial charge is 0.311 e. The van der Waals surface area contributed by atoms with Crippen LogP contribution in [0.4, 0.5) is 0 Å². The van der Waals surface area contributed by atoms with Crippen LogP contribution in [0, 0.1) is 6.92 Å². The molecule has 4 nitrogen and oxygen atoms in total. The number of unbranched alkanes of at least 4 members (excludes halogenated alkanes) is 1. The maximum atomic E-state index is 12.1. The Kier molecular flexibility index (Phi) is 8.00. The molecule has 0 unspecified atom stereocenters. The highest BCUT2D eigenvalue weighted by molar-refractivity contribution is 5.73. The van der Waals surface area contributed by atoms with Crippen LogP contribution in [0.5, 0.6) is 17.2 Å². The van der Waals surface area contributed by atoms with Gasteiger partial charge in [0.2, 0.25) is 0 Å². The summed E-state index contributed by atoms with van der Waals surface area (Å²) in [6.45, 7) is 7.25. The van der Waals surface area contributed by atoms with Crippen molar-refractivity contribution in [3.8, 4) is 17.2 Å². The fourth-order valence-electron chi connectivity index (χ4n) is 2.51. The Morgan fingerprint density at radius 1 is 0.962 bits per heavy atom. The summed E-state index contributed by atoms with van der Waals surface area (Å²) in [4.78, 5) is 12.1. The molecular weight excluding hydrogens is 328 g/mol. The molecule has 2 aromatic carbocycles. The number of para-hydroxylation sites is 1. The molecule has 0 aliphatic carbocycles. The third-order valence-electron chi connectivity index (χ3n) is 4.00. The van der Waals surface area contributed by atoms with Crippen molar-refractivity contribution in [1.29, 1.82) is 0 Å². The molecule has 0 fully saturated rings. The molecule has 140 valence electrons. The van der Waals surface area contributed by atoms with E-state index < -0.39 is 0 Å². The van der Waals surface area contributed by atoms with E-state index in [2.05, 4.69) is 6.92 Å². The standard InChI is InChI=1S/C22H28O4/c1-4-6-15-25-20-13-11-18(16-21(20)24-5-2)12-14-22(23)26-19-10-8-7-9-17(19)3/h7-11,13,16H,4-6,12,14-15H2,1-3H3. The van der Waals surface area contributed by atoms with Crippen LogP contribution in [0.3, 0.4) is 0 Å². The summed E-state index contributed by atoms with van der Waals surface area (Å²) >= 11 is 0. The molecule has 0 saturated heterocycles. The van der Waals surface area contributed by atoms with Gasteiger partial charge >= 0.3 is 5.97 Å². The van der Waals surface area contributed by atoms with Gasteiger partial charge in [0.05, 0.1) is 13.2 Å². The zero-order valence-electron chi connectivity index (χ0n) is 15.9. The first kappa shape index (κ1) is 19.8. The van der Waals surface area contributed by atoms with Crippen LogP contribution in [-0.4, -0.2) is 19.2 Å². The summed E-state index contributed by atoms with van der Waals surface area (Å²) in [6, 6.07) is 13.4. The summed E-state index contributed by atoms with van der Waals surface area (Å²) in [5.41, 5.74) is 1.98. The van der Waals surface area contributed by atoms with E-state index in [1.807, 2.05) is 56.3 Å². The molecule has 0 heterocycles. The number of hydrogen-bond donors (Lipinski definition) is 0. The molecule has 0 N–H and O–H groups in total.